The van der Waals surface area contributed by atoms with E-state index in [1.54, 1.807) is 11.3 Å². The first-order chi connectivity index (χ1) is 11.1. The average Bonchev–Trinajstić information content (AvgIpc) is 2.88. The first kappa shape index (κ1) is 21.9. The molecule has 0 aliphatic carbocycles. The number of aromatic nitrogens is 1. The van der Waals surface area contributed by atoms with Gasteiger partial charge in [-0.25, -0.2) is 4.98 Å². The van der Waals surface area contributed by atoms with Gasteiger partial charge >= 0.3 is 0 Å². The zero-order valence-electron chi connectivity index (χ0n) is 14.1. The zero-order chi connectivity index (χ0) is 16.2. The number of thiazole rings is 1. The minimum absolute atomic E-state index is 0. The normalized spacial score (nSPS) is 14.6. The van der Waals surface area contributed by atoms with Gasteiger partial charge < -0.3 is 11.1 Å². The van der Waals surface area contributed by atoms with Crippen molar-refractivity contribution in [1.82, 2.24) is 9.88 Å². The van der Waals surface area contributed by atoms with E-state index in [0.717, 1.165) is 31.7 Å². The topological polar surface area (TPSA) is 71.2 Å². The fourth-order valence-electron chi connectivity index (χ4n) is 2.74. The first-order valence-corrected chi connectivity index (χ1v) is 8.72. The van der Waals surface area contributed by atoms with E-state index >= 15 is 0 Å². The Hall–Kier alpha value is -1.18. The van der Waals surface area contributed by atoms with Crippen LogP contribution >= 0.6 is 36.2 Å². The fraction of sp³-hybridized carbons (Fsp3) is 0.412. The Labute approximate surface area is 164 Å². The number of hydrogen-bond acceptors (Lipinski definition) is 5. The summed E-state index contributed by atoms with van der Waals surface area (Å²) in [6, 6.07) is 10.4. The lowest BCUT2D eigenvalue weighted by Crippen LogP contribution is -2.29. The van der Waals surface area contributed by atoms with E-state index in [-0.39, 0.29) is 36.8 Å². The number of anilines is 1. The highest BCUT2D eigenvalue weighted by Gasteiger charge is 2.21. The van der Waals surface area contributed by atoms with Gasteiger partial charge in [0.2, 0.25) is 5.91 Å². The van der Waals surface area contributed by atoms with Gasteiger partial charge in [0.05, 0.1) is 5.69 Å². The molecule has 138 valence electrons. The molecule has 5 nitrogen and oxygen atoms in total. The van der Waals surface area contributed by atoms with Crippen molar-refractivity contribution in [2.24, 2.45) is 5.73 Å². The highest BCUT2D eigenvalue weighted by atomic mass is 35.5. The van der Waals surface area contributed by atoms with Crippen LogP contribution in [0.25, 0.3) is 0 Å². The van der Waals surface area contributed by atoms with Crippen molar-refractivity contribution in [3.63, 3.8) is 0 Å². The van der Waals surface area contributed by atoms with Crippen LogP contribution in [-0.2, 0) is 24.3 Å². The molecule has 0 fully saturated rings. The van der Waals surface area contributed by atoms with Gasteiger partial charge in [-0.2, -0.15) is 0 Å². The molecule has 1 aromatic heterocycles. The maximum atomic E-state index is 11.8. The van der Waals surface area contributed by atoms with Gasteiger partial charge in [-0.05, 0) is 12.5 Å². The van der Waals surface area contributed by atoms with Gasteiger partial charge in [0.1, 0.15) is 0 Å². The minimum Gasteiger partial charge on any atom is -0.327 e. The Bertz CT molecular complexity index is 679. The third kappa shape index (κ3) is 6.24. The molecular weight excluding hydrogens is 379 g/mol. The molecule has 0 saturated carbocycles. The van der Waals surface area contributed by atoms with Gasteiger partial charge in [0, 0.05) is 43.4 Å². The van der Waals surface area contributed by atoms with E-state index in [2.05, 4.69) is 39.5 Å². The highest BCUT2D eigenvalue weighted by molar-refractivity contribution is 7.15. The summed E-state index contributed by atoms with van der Waals surface area (Å²) in [7, 11) is 0. The summed E-state index contributed by atoms with van der Waals surface area (Å²) in [5.74, 6) is -0.0627. The van der Waals surface area contributed by atoms with Crippen molar-refractivity contribution >= 4 is 47.2 Å². The second-order valence-corrected chi connectivity index (χ2v) is 7.15. The van der Waals surface area contributed by atoms with E-state index in [1.165, 1.54) is 10.4 Å². The highest BCUT2D eigenvalue weighted by Crippen LogP contribution is 2.29. The first-order valence-electron chi connectivity index (χ1n) is 7.90. The van der Waals surface area contributed by atoms with E-state index in [1.807, 2.05) is 13.0 Å². The molecular formula is C17H24Cl2N4OS. The fourth-order valence-corrected chi connectivity index (χ4v) is 3.81. The second-order valence-electron chi connectivity index (χ2n) is 6.06. The summed E-state index contributed by atoms with van der Waals surface area (Å²) in [4.78, 5) is 20.0. The summed E-state index contributed by atoms with van der Waals surface area (Å²) in [6.45, 7) is 4.67. The number of hydrogen-bond donors (Lipinski definition) is 2. The molecule has 1 aliphatic heterocycles. The summed E-state index contributed by atoms with van der Waals surface area (Å²) in [6.07, 6.45) is 1.26. The van der Waals surface area contributed by atoms with Crippen LogP contribution < -0.4 is 11.1 Å². The van der Waals surface area contributed by atoms with Crippen molar-refractivity contribution in [3.8, 4) is 0 Å². The smallest absolute Gasteiger partial charge is 0.227 e. The number of fused-ring (bicyclic) bond motifs is 1. The maximum Gasteiger partial charge on any atom is 0.227 e. The molecule has 1 unspecified atom stereocenters. The van der Waals surface area contributed by atoms with Crippen LogP contribution in [-0.4, -0.2) is 28.4 Å². The number of nitrogens with two attached hydrogens (primary N) is 1. The SMILES string of the molecule is CC(N)CC(=O)Nc1nc2c(s1)CN(Cc1ccccc1)CC2.Cl.Cl. The van der Waals surface area contributed by atoms with Crippen LogP contribution in [0, 0.1) is 0 Å². The van der Waals surface area contributed by atoms with Crippen molar-refractivity contribution in [2.45, 2.75) is 38.9 Å². The lowest BCUT2D eigenvalue weighted by atomic mass is 10.1. The Morgan fingerprint density at radius 2 is 2.08 bits per heavy atom. The molecule has 0 saturated heterocycles. The number of benzene rings is 1. The molecule has 0 bridgehead atoms. The second kappa shape index (κ2) is 10.1. The van der Waals surface area contributed by atoms with Gasteiger partial charge in [0.25, 0.3) is 0 Å². The van der Waals surface area contributed by atoms with E-state index in [9.17, 15) is 4.79 Å². The predicted molar refractivity (Wildman–Crippen MR) is 108 cm³/mol. The number of amides is 1. The van der Waals surface area contributed by atoms with Crippen molar-refractivity contribution < 1.29 is 4.79 Å². The number of halogens is 2. The Balaban J connectivity index is 0.00000156. The Kier molecular flexibility index (Phi) is 8.82. The molecule has 2 heterocycles. The van der Waals surface area contributed by atoms with Gasteiger partial charge in [-0.1, -0.05) is 30.3 Å². The van der Waals surface area contributed by atoms with Crippen LogP contribution in [0.15, 0.2) is 30.3 Å². The maximum absolute atomic E-state index is 11.8. The molecule has 8 heteroatoms. The molecule has 3 rings (SSSR count). The number of nitrogens with zero attached hydrogens (tertiary/aromatic N) is 2. The number of nitrogens with one attached hydrogen (secondary N) is 1. The lowest BCUT2D eigenvalue weighted by molar-refractivity contribution is -0.116. The predicted octanol–water partition coefficient (Wildman–Crippen LogP) is 3.22. The molecule has 25 heavy (non-hydrogen) atoms. The molecule has 1 amide bonds. The average molecular weight is 403 g/mol. The standard InChI is InChI=1S/C17H22N4OS.2ClH/c1-12(18)9-16(22)20-17-19-14-7-8-21(11-15(14)23-17)10-13-5-3-2-4-6-13;;/h2-6,12H,7-11,18H2,1H3,(H,19,20,22);2*1H. The van der Waals surface area contributed by atoms with E-state index in [0.29, 0.717) is 11.6 Å². The van der Waals surface area contributed by atoms with Gasteiger partial charge in [-0.3, -0.25) is 9.69 Å². The van der Waals surface area contributed by atoms with Crippen molar-refractivity contribution in [1.29, 1.82) is 0 Å². The Morgan fingerprint density at radius 3 is 2.76 bits per heavy atom. The molecule has 0 spiro atoms. The number of carbonyl (C=O) groups excluding carboxylic acids is 1. The van der Waals surface area contributed by atoms with E-state index in [4.69, 9.17) is 5.73 Å². The zero-order valence-corrected chi connectivity index (χ0v) is 16.6. The van der Waals surface area contributed by atoms with Crippen LogP contribution in [0.4, 0.5) is 5.13 Å². The third-order valence-corrected chi connectivity index (χ3v) is 4.81. The number of rotatable bonds is 5. The van der Waals surface area contributed by atoms with Crippen molar-refractivity contribution in [2.75, 3.05) is 11.9 Å². The van der Waals surface area contributed by atoms with Crippen molar-refractivity contribution in [3.05, 3.63) is 46.5 Å². The van der Waals surface area contributed by atoms with E-state index < -0.39 is 0 Å². The molecule has 3 N–H and O–H groups in total. The summed E-state index contributed by atoms with van der Waals surface area (Å²) >= 11 is 1.58. The summed E-state index contributed by atoms with van der Waals surface area (Å²) in [5.41, 5.74) is 8.10. The lowest BCUT2D eigenvalue weighted by Gasteiger charge is -2.25. The quantitative estimate of drug-likeness (QED) is 0.804. The van der Waals surface area contributed by atoms with Gasteiger partial charge in [0.15, 0.2) is 5.13 Å². The van der Waals surface area contributed by atoms with Crippen LogP contribution in [0.3, 0.4) is 0 Å². The molecule has 0 radical (unpaired) electrons. The van der Waals surface area contributed by atoms with Crippen LogP contribution in [0.5, 0.6) is 0 Å². The molecule has 1 aliphatic rings. The van der Waals surface area contributed by atoms with Gasteiger partial charge in [-0.15, -0.1) is 36.2 Å². The summed E-state index contributed by atoms with van der Waals surface area (Å²) < 4.78 is 0. The molecule has 1 aromatic carbocycles. The largest absolute Gasteiger partial charge is 0.327 e. The molecule has 2 aromatic rings. The monoisotopic (exact) mass is 402 g/mol. The Morgan fingerprint density at radius 1 is 1.36 bits per heavy atom. The summed E-state index contributed by atoms with van der Waals surface area (Å²) in [5, 5.41) is 3.56. The van der Waals surface area contributed by atoms with Crippen LogP contribution in [0.2, 0.25) is 0 Å². The third-order valence-electron chi connectivity index (χ3n) is 3.81. The number of carbonyl (C=O) groups is 1. The molecule has 1 atom stereocenters. The minimum atomic E-state index is -0.133. The van der Waals surface area contributed by atoms with Crippen LogP contribution in [0.1, 0.15) is 29.5 Å².